The fourth-order valence-electron chi connectivity index (χ4n) is 1.97. The minimum atomic E-state index is -0.449. The SMILES string of the molecule is COC(=O)c1cc(NCCc2ccc(O)cc2)ccc1N. The second-order valence-corrected chi connectivity index (χ2v) is 4.64. The summed E-state index contributed by atoms with van der Waals surface area (Å²) in [5.74, 6) is -0.192. The Balaban J connectivity index is 1.97. The highest BCUT2D eigenvalue weighted by atomic mass is 16.5. The highest BCUT2D eigenvalue weighted by Crippen LogP contribution is 2.19. The van der Waals surface area contributed by atoms with Gasteiger partial charge in [-0.2, -0.15) is 0 Å². The maximum atomic E-state index is 11.6. The van der Waals surface area contributed by atoms with Gasteiger partial charge in [0.2, 0.25) is 0 Å². The molecule has 5 heteroatoms. The lowest BCUT2D eigenvalue weighted by atomic mass is 10.1. The second-order valence-electron chi connectivity index (χ2n) is 4.64. The molecule has 110 valence electrons. The Morgan fingerprint density at radius 1 is 1.24 bits per heavy atom. The van der Waals surface area contributed by atoms with Gasteiger partial charge in [-0.05, 0) is 42.3 Å². The zero-order chi connectivity index (χ0) is 15.2. The molecular weight excluding hydrogens is 268 g/mol. The first-order valence-corrected chi connectivity index (χ1v) is 6.60. The maximum Gasteiger partial charge on any atom is 0.340 e. The molecule has 21 heavy (non-hydrogen) atoms. The number of rotatable bonds is 5. The van der Waals surface area contributed by atoms with Crippen LogP contribution in [0.1, 0.15) is 15.9 Å². The number of methoxy groups -OCH3 is 1. The van der Waals surface area contributed by atoms with Gasteiger partial charge in [0.1, 0.15) is 5.75 Å². The van der Waals surface area contributed by atoms with E-state index >= 15 is 0 Å². The van der Waals surface area contributed by atoms with Crippen LogP contribution in [0.2, 0.25) is 0 Å². The molecule has 0 aliphatic heterocycles. The third kappa shape index (κ3) is 3.89. The normalized spacial score (nSPS) is 10.1. The standard InChI is InChI=1S/C16H18N2O3/c1-21-16(20)14-10-12(4-7-15(14)17)18-9-8-11-2-5-13(19)6-3-11/h2-7,10,18-19H,8-9,17H2,1H3. The predicted octanol–water partition coefficient (Wildman–Crippen LogP) is 2.42. The van der Waals surface area contributed by atoms with Gasteiger partial charge in [0.05, 0.1) is 12.7 Å². The first-order valence-electron chi connectivity index (χ1n) is 6.60. The highest BCUT2D eigenvalue weighted by molar-refractivity contribution is 5.96. The van der Waals surface area contributed by atoms with Crippen molar-refractivity contribution in [3.63, 3.8) is 0 Å². The molecule has 2 aromatic rings. The number of hydrogen-bond donors (Lipinski definition) is 3. The third-order valence-corrected chi connectivity index (χ3v) is 3.14. The number of carbonyl (C=O) groups is 1. The number of esters is 1. The molecule has 0 heterocycles. The number of ether oxygens (including phenoxy) is 1. The van der Waals surface area contributed by atoms with E-state index in [0.29, 0.717) is 17.8 Å². The van der Waals surface area contributed by atoms with E-state index in [1.54, 1.807) is 24.3 Å². The van der Waals surface area contributed by atoms with E-state index < -0.39 is 5.97 Å². The average molecular weight is 286 g/mol. The lowest BCUT2D eigenvalue weighted by Gasteiger charge is -2.10. The Kier molecular flexibility index (Phi) is 4.66. The third-order valence-electron chi connectivity index (χ3n) is 3.14. The van der Waals surface area contributed by atoms with Crippen molar-refractivity contribution < 1.29 is 14.6 Å². The first kappa shape index (κ1) is 14.7. The van der Waals surface area contributed by atoms with Crippen LogP contribution in [0.25, 0.3) is 0 Å². The summed E-state index contributed by atoms with van der Waals surface area (Å²) >= 11 is 0. The van der Waals surface area contributed by atoms with Crippen molar-refractivity contribution in [3.05, 3.63) is 53.6 Å². The molecule has 0 fully saturated rings. The lowest BCUT2D eigenvalue weighted by molar-refractivity contribution is 0.0602. The van der Waals surface area contributed by atoms with Gasteiger partial charge in [-0.3, -0.25) is 0 Å². The number of carbonyl (C=O) groups excluding carboxylic acids is 1. The molecule has 0 unspecified atom stereocenters. The molecule has 0 aliphatic carbocycles. The number of benzene rings is 2. The molecule has 4 N–H and O–H groups in total. The number of anilines is 2. The summed E-state index contributed by atoms with van der Waals surface area (Å²) in [6, 6.07) is 12.2. The summed E-state index contributed by atoms with van der Waals surface area (Å²) in [6.07, 6.45) is 0.804. The van der Waals surface area contributed by atoms with E-state index in [4.69, 9.17) is 5.73 Å². The number of phenolic OH excluding ortho intramolecular Hbond substituents is 1. The maximum absolute atomic E-state index is 11.6. The van der Waals surface area contributed by atoms with Crippen LogP contribution in [0.4, 0.5) is 11.4 Å². The molecule has 2 rings (SSSR count). The van der Waals surface area contributed by atoms with E-state index in [-0.39, 0.29) is 5.75 Å². The molecule has 2 aromatic carbocycles. The van der Waals surface area contributed by atoms with Gasteiger partial charge in [-0.1, -0.05) is 12.1 Å². The lowest BCUT2D eigenvalue weighted by Crippen LogP contribution is -2.09. The van der Waals surface area contributed by atoms with Crippen molar-refractivity contribution in [2.24, 2.45) is 0 Å². The van der Waals surface area contributed by atoms with E-state index in [0.717, 1.165) is 17.7 Å². The number of nitrogens with one attached hydrogen (secondary N) is 1. The molecule has 5 nitrogen and oxygen atoms in total. The molecule has 0 saturated carbocycles. The van der Waals surface area contributed by atoms with Crippen LogP contribution in [0.3, 0.4) is 0 Å². The van der Waals surface area contributed by atoms with Crippen LogP contribution >= 0.6 is 0 Å². The smallest absolute Gasteiger partial charge is 0.340 e. The topological polar surface area (TPSA) is 84.6 Å². The number of nitrogen functional groups attached to an aromatic ring is 1. The number of aromatic hydroxyl groups is 1. The van der Waals surface area contributed by atoms with Crippen LogP contribution in [0.15, 0.2) is 42.5 Å². The highest BCUT2D eigenvalue weighted by Gasteiger charge is 2.10. The largest absolute Gasteiger partial charge is 0.508 e. The minimum absolute atomic E-state index is 0.257. The van der Waals surface area contributed by atoms with Gasteiger partial charge in [0.25, 0.3) is 0 Å². The first-order chi connectivity index (χ1) is 10.1. The zero-order valence-corrected chi connectivity index (χ0v) is 11.8. The summed E-state index contributed by atoms with van der Waals surface area (Å²) in [5, 5.41) is 12.4. The molecule has 0 amide bonds. The van der Waals surface area contributed by atoms with E-state index in [1.165, 1.54) is 7.11 Å². The van der Waals surface area contributed by atoms with Crippen LogP contribution in [0.5, 0.6) is 5.75 Å². The van der Waals surface area contributed by atoms with E-state index in [2.05, 4.69) is 10.1 Å². The van der Waals surface area contributed by atoms with Crippen molar-refractivity contribution in [3.8, 4) is 5.75 Å². The summed E-state index contributed by atoms with van der Waals surface area (Å²) in [4.78, 5) is 11.6. The Bertz CT molecular complexity index is 624. The molecule has 0 radical (unpaired) electrons. The zero-order valence-electron chi connectivity index (χ0n) is 11.8. The van der Waals surface area contributed by atoms with Crippen molar-refractivity contribution in [2.75, 3.05) is 24.7 Å². The molecular formula is C16H18N2O3. The second kappa shape index (κ2) is 6.65. The van der Waals surface area contributed by atoms with Crippen LogP contribution < -0.4 is 11.1 Å². The Hall–Kier alpha value is -2.69. The Labute approximate surface area is 123 Å². The minimum Gasteiger partial charge on any atom is -0.508 e. The van der Waals surface area contributed by atoms with Crippen LogP contribution in [0, 0.1) is 0 Å². The van der Waals surface area contributed by atoms with Crippen LogP contribution in [-0.4, -0.2) is 24.7 Å². The van der Waals surface area contributed by atoms with Crippen LogP contribution in [-0.2, 0) is 11.2 Å². The summed E-state index contributed by atoms with van der Waals surface area (Å²) in [6.45, 7) is 0.704. The number of nitrogens with two attached hydrogens (primary N) is 1. The van der Waals surface area contributed by atoms with E-state index in [1.807, 2.05) is 18.2 Å². The van der Waals surface area contributed by atoms with Crippen molar-refractivity contribution >= 4 is 17.3 Å². The summed E-state index contributed by atoms with van der Waals surface area (Å²) < 4.78 is 4.69. The molecule has 0 spiro atoms. The molecule has 0 aromatic heterocycles. The van der Waals surface area contributed by atoms with Gasteiger partial charge in [-0.25, -0.2) is 4.79 Å². The Morgan fingerprint density at radius 2 is 1.95 bits per heavy atom. The average Bonchev–Trinajstić information content (AvgIpc) is 2.50. The van der Waals surface area contributed by atoms with Gasteiger partial charge in [-0.15, -0.1) is 0 Å². The number of phenols is 1. The fraction of sp³-hybridized carbons (Fsp3) is 0.188. The van der Waals surface area contributed by atoms with Crippen molar-refractivity contribution in [1.29, 1.82) is 0 Å². The fourth-order valence-corrected chi connectivity index (χ4v) is 1.97. The monoisotopic (exact) mass is 286 g/mol. The predicted molar refractivity (Wildman–Crippen MR) is 82.5 cm³/mol. The quantitative estimate of drug-likeness (QED) is 0.580. The van der Waals surface area contributed by atoms with Crippen molar-refractivity contribution in [1.82, 2.24) is 0 Å². The number of hydrogen-bond acceptors (Lipinski definition) is 5. The van der Waals surface area contributed by atoms with E-state index in [9.17, 15) is 9.90 Å². The van der Waals surface area contributed by atoms with Gasteiger partial charge < -0.3 is 20.9 Å². The summed E-state index contributed by atoms with van der Waals surface area (Å²) in [5.41, 5.74) is 8.42. The van der Waals surface area contributed by atoms with Crippen molar-refractivity contribution in [2.45, 2.75) is 6.42 Å². The summed E-state index contributed by atoms with van der Waals surface area (Å²) in [7, 11) is 1.33. The Morgan fingerprint density at radius 3 is 2.62 bits per heavy atom. The van der Waals surface area contributed by atoms with Gasteiger partial charge in [0.15, 0.2) is 0 Å². The van der Waals surface area contributed by atoms with Gasteiger partial charge >= 0.3 is 5.97 Å². The molecule has 0 atom stereocenters. The molecule has 0 bridgehead atoms. The van der Waals surface area contributed by atoms with Gasteiger partial charge in [0, 0.05) is 17.9 Å². The molecule has 0 aliphatic rings. The molecule has 0 saturated heterocycles.